The minimum Gasteiger partial charge on any atom is -0.493 e. The summed E-state index contributed by atoms with van der Waals surface area (Å²) in [6.07, 6.45) is 3.30. The van der Waals surface area contributed by atoms with Crippen molar-refractivity contribution < 1.29 is 38.4 Å². The fourth-order valence-corrected chi connectivity index (χ4v) is 5.57. The van der Waals surface area contributed by atoms with Crippen LogP contribution in [0.1, 0.15) is 37.9 Å². The van der Waals surface area contributed by atoms with Gasteiger partial charge in [0.2, 0.25) is 0 Å². The largest absolute Gasteiger partial charge is 0.493 e. The first kappa shape index (κ1) is 31.1. The SMILES string of the molecule is C=CCOc1ccc(C2C(C(=O)OCC)=C(C)N=c3sc(=Cc4ccc(OCC(=O)O)c(OC)c4)c(=O)n32)cc1OCC. The average molecular weight is 609 g/mol. The van der Waals surface area contributed by atoms with E-state index in [4.69, 9.17) is 28.8 Å². The van der Waals surface area contributed by atoms with E-state index in [2.05, 4.69) is 11.6 Å². The van der Waals surface area contributed by atoms with E-state index in [1.807, 2.05) is 6.92 Å². The molecule has 0 saturated heterocycles. The summed E-state index contributed by atoms with van der Waals surface area (Å²) in [7, 11) is 1.44. The molecule has 226 valence electrons. The molecular weight excluding hydrogens is 576 g/mol. The minimum atomic E-state index is -1.12. The molecule has 0 bridgehead atoms. The van der Waals surface area contributed by atoms with Crippen molar-refractivity contribution in [1.82, 2.24) is 4.57 Å². The summed E-state index contributed by atoms with van der Waals surface area (Å²) in [6, 6.07) is 9.31. The van der Waals surface area contributed by atoms with Gasteiger partial charge in [0.15, 0.2) is 34.4 Å². The van der Waals surface area contributed by atoms with Crippen LogP contribution in [0, 0.1) is 0 Å². The van der Waals surface area contributed by atoms with Crippen molar-refractivity contribution in [3.63, 3.8) is 0 Å². The zero-order chi connectivity index (χ0) is 31.1. The van der Waals surface area contributed by atoms with Gasteiger partial charge in [0.25, 0.3) is 5.56 Å². The lowest BCUT2D eigenvalue weighted by Gasteiger charge is -2.25. The van der Waals surface area contributed by atoms with Crippen LogP contribution in [-0.4, -0.2) is 55.1 Å². The molecule has 0 radical (unpaired) electrons. The van der Waals surface area contributed by atoms with Crippen LogP contribution in [0.25, 0.3) is 6.08 Å². The maximum absolute atomic E-state index is 14.0. The van der Waals surface area contributed by atoms with E-state index in [0.717, 1.165) is 0 Å². The highest BCUT2D eigenvalue weighted by Gasteiger charge is 2.34. The number of carbonyl (C=O) groups is 2. The normalized spacial score (nSPS) is 14.4. The zero-order valence-corrected chi connectivity index (χ0v) is 25.1. The molecule has 0 aliphatic carbocycles. The van der Waals surface area contributed by atoms with Crippen LogP contribution in [0.2, 0.25) is 0 Å². The number of rotatable bonds is 13. The number of hydrogen-bond acceptors (Lipinski definition) is 10. The summed E-state index contributed by atoms with van der Waals surface area (Å²) in [5.74, 6) is -0.173. The molecule has 0 fully saturated rings. The summed E-state index contributed by atoms with van der Waals surface area (Å²) in [6.45, 7) is 9.23. The molecular formula is C31H32N2O9S. The average Bonchev–Trinajstić information content (AvgIpc) is 3.28. The Morgan fingerprint density at radius 3 is 2.47 bits per heavy atom. The van der Waals surface area contributed by atoms with Crippen LogP contribution in [0.15, 0.2) is 70.1 Å². The first-order valence-electron chi connectivity index (χ1n) is 13.4. The topological polar surface area (TPSA) is 135 Å². The van der Waals surface area contributed by atoms with Gasteiger partial charge in [-0.1, -0.05) is 36.1 Å². The molecule has 1 aliphatic rings. The number of carboxylic acid groups (broad SMARTS) is 1. The Balaban J connectivity index is 1.87. The van der Waals surface area contributed by atoms with Crippen LogP contribution >= 0.6 is 11.3 Å². The molecule has 12 heteroatoms. The van der Waals surface area contributed by atoms with Gasteiger partial charge in [-0.25, -0.2) is 14.6 Å². The maximum atomic E-state index is 14.0. The van der Waals surface area contributed by atoms with E-state index in [0.29, 0.717) is 50.0 Å². The number of aromatic nitrogens is 1. The van der Waals surface area contributed by atoms with Gasteiger partial charge >= 0.3 is 11.9 Å². The lowest BCUT2D eigenvalue weighted by molar-refractivity contribution is -0.140. The molecule has 0 amide bonds. The summed E-state index contributed by atoms with van der Waals surface area (Å²) < 4.78 is 29.5. The number of hydrogen-bond donors (Lipinski definition) is 1. The number of nitrogens with zero attached hydrogens (tertiary/aromatic N) is 2. The number of ether oxygens (including phenoxy) is 5. The number of esters is 1. The van der Waals surface area contributed by atoms with Gasteiger partial charge in [0.1, 0.15) is 6.61 Å². The molecule has 2 heterocycles. The Morgan fingerprint density at radius 2 is 1.79 bits per heavy atom. The summed E-state index contributed by atoms with van der Waals surface area (Å²) in [5.41, 5.74) is 1.54. The van der Waals surface area contributed by atoms with Gasteiger partial charge in [-0.05, 0) is 62.2 Å². The van der Waals surface area contributed by atoms with Crippen LogP contribution in [0.3, 0.4) is 0 Å². The van der Waals surface area contributed by atoms with Gasteiger partial charge in [-0.3, -0.25) is 9.36 Å². The first-order chi connectivity index (χ1) is 20.7. The van der Waals surface area contributed by atoms with Crippen molar-refractivity contribution in [2.75, 3.05) is 33.5 Å². The second kappa shape index (κ2) is 13.9. The number of aliphatic carboxylic acids is 1. The summed E-state index contributed by atoms with van der Waals surface area (Å²) in [4.78, 5) is 43.1. The van der Waals surface area contributed by atoms with Crippen molar-refractivity contribution in [2.45, 2.75) is 26.8 Å². The second-order valence-electron chi connectivity index (χ2n) is 9.13. The molecule has 1 unspecified atom stereocenters. The molecule has 2 aromatic carbocycles. The monoisotopic (exact) mass is 608 g/mol. The van der Waals surface area contributed by atoms with Gasteiger partial charge in [0.05, 0.1) is 42.2 Å². The van der Waals surface area contributed by atoms with E-state index in [1.165, 1.54) is 23.0 Å². The minimum absolute atomic E-state index is 0.152. The van der Waals surface area contributed by atoms with E-state index in [9.17, 15) is 14.4 Å². The lowest BCUT2D eigenvalue weighted by Crippen LogP contribution is -2.40. The predicted octanol–water partition coefficient (Wildman–Crippen LogP) is 3.23. The van der Waals surface area contributed by atoms with E-state index in [-0.39, 0.29) is 30.1 Å². The number of thiazole rings is 1. The summed E-state index contributed by atoms with van der Waals surface area (Å²) >= 11 is 1.17. The fraction of sp³-hybridized carbons (Fsp3) is 0.290. The van der Waals surface area contributed by atoms with Gasteiger partial charge in [0, 0.05) is 0 Å². The first-order valence-corrected chi connectivity index (χ1v) is 14.3. The second-order valence-corrected chi connectivity index (χ2v) is 10.1. The summed E-state index contributed by atoms with van der Waals surface area (Å²) in [5, 5.41) is 8.93. The van der Waals surface area contributed by atoms with Gasteiger partial charge in [-0.15, -0.1) is 0 Å². The Bertz CT molecular complexity index is 1750. The molecule has 1 N–H and O–H groups in total. The number of carboxylic acids is 1. The highest BCUT2D eigenvalue weighted by molar-refractivity contribution is 7.07. The smallest absolute Gasteiger partial charge is 0.341 e. The number of carbonyl (C=O) groups excluding carboxylic acids is 1. The number of benzene rings is 2. The van der Waals surface area contributed by atoms with Crippen LogP contribution in [-0.2, 0) is 14.3 Å². The van der Waals surface area contributed by atoms with Crippen molar-refractivity contribution >= 4 is 29.4 Å². The third-order valence-electron chi connectivity index (χ3n) is 6.29. The van der Waals surface area contributed by atoms with Crippen molar-refractivity contribution in [1.29, 1.82) is 0 Å². The Labute approximate surface area is 251 Å². The highest BCUT2D eigenvalue weighted by atomic mass is 32.1. The molecule has 1 aliphatic heterocycles. The van der Waals surface area contributed by atoms with Crippen LogP contribution in [0.4, 0.5) is 0 Å². The predicted molar refractivity (Wildman–Crippen MR) is 160 cm³/mol. The maximum Gasteiger partial charge on any atom is 0.341 e. The number of methoxy groups -OCH3 is 1. The molecule has 0 spiro atoms. The Kier molecular flexibility index (Phi) is 10.0. The molecule has 1 atom stereocenters. The Hall–Kier alpha value is -4.84. The van der Waals surface area contributed by atoms with E-state index >= 15 is 0 Å². The van der Waals surface area contributed by atoms with Crippen LogP contribution in [0.5, 0.6) is 23.0 Å². The van der Waals surface area contributed by atoms with E-state index < -0.39 is 24.6 Å². The van der Waals surface area contributed by atoms with E-state index in [1.54, 1.807) is 62.4 Å². The molecule has 3 aromatic rings. The number of allylic oxidation sites excluding steroid dienone is 1. The van der Waals surface area contributed by atoms with Crippen molar-refractivity contribution in [2.24, 2.45) is 4.99 Å². The Morgan fingerprint density at radius 1 is 1.05 bits per heavy atom. The third kappa shape index (κ3) is 6.81. The zero-order valence-electron chi connectivity index (χ0n) is 24.2. The quantitative estimate of drug-likeness (QED) is 0.229. The fourth-order valence-electron chi connectivity index (χ4n) is 4.52. The molecule has 4 rings (SSSR count). The van der Waals surface area contributed by atoms with Crippen molar-refractivity contribution in [3.05, 3.63) is 91.1 Å². The molecule has 11 nitrogen and oxygen atoms in total. The molecule has 43 heavy (non-hydrogen) atoms. The number of fused-ring (bicyclic) bond motifs is 1. The van der Waals surface area contributed by atoms with Crippen LogP contribution < -0.4 is 33.8 Å². The standard InChI is InChI=1S/C31H32N2O9S/c1-6-13-41-22-12-10-20(16-24(22)39-7-2)28-27(30(37)40-8-3)18(4)32-31-33(28)29(36)25(43-31)15-19-9-11-21(23(14-19)38-5)42-17-26(34)35/h6,9-12,14-16,28H,1,7-8,13,17H2,2-5H3,(H,34,35). The van der Waals surface area contributed by atoms with Crippen molar-refractivity contribution in [3.8, 4) is 23.0 Å². The van der Waals surface area contributed by atoms with Gasteiger partial charge < -0.3 is 28.8 Å². The lowest BCUT2D eigenvalue weighted by atomic mass is 9.95. The molecule has 1 aromatic heterocycles. The third-order valence-corrected chi connectivity index (χ3v) is 7.28. The molecule has 0 saturated carbocycles. The van der Waals surface area contributed by atoms with Gasteiger partial charge in [-0.2, -0.15) is 0 Å². The highest BCUT2D eigenvalue weighted by Crippen LogP contribution is 2.36.